The minimum Gasteiger partial charge on any atom is -0.490 e. The van der Waals surface area contributed by atoms with Crippen LogP contribution < -0.4 is 10.5 Å². The zero-order valence-corrected chi connectivity index (χ0v) is 11.2. The van der Waals surface area contributed by atoms with Crippen molar-refractivity contribution in [2.75, 3.05) is 25.9 Å². The van der Waals surface area contributed by atoms with Gasteiger partial charge in [0, 0.05) is 24.7 Å². The van der Waals surface area contributed by atoms with Crippen LogP contribution in [0.5, 0.6) is 5.75 Å². The van der Waals surface area contributed by atoms with Gasteiger partial charge in [0.05, 0.1) is 0 Å². The number of nitrogen functional groups attached to an aromatic ring is 1. The van der Waals surface area contributed by atoms with Gasteiger partial charge in [-0.25, -0.2) is 4.98 Å². The molecule has 3 rings (SSSR count). The maximum absolute atomic E-state index is 6.06. The molecule has 0 aliphatic carbocycles. The Kier molecular flexibility index (Phi) is 3.25. The van der Waals surface area contributed by atoms with Gasteiger partial charge in [0.15, 0.2) is 0 Å². The molecule has 0 bridgehead atoms. The number of ether oxygens (including phenoxy) is 1. The molecule has 100 valence electrons. The third-order valence-electron chi connectivity index (χ3n) is 3.74. The van der Waals surface area contributed by atoms with E-state index in [1.54, 1.807) is 6.20 Å². The van der Waals surface area contributed by atoms with Crippen molar-refractivity contribution >= 4 is 16.6 Å². The maximum Gasteiger partial charge on any atom is 0.131 e. The van der Waals surface area contributed by atoms with Crippen LogP contribution in [0, 0.1) is 0 Å². The molecule has 19 heavy (non-hydrogen) atoms. The Hall–Kier alpha value is -1.81. The van der Waals surface area contributed by atoms with Crippen molar-refractivity contribution in [2.24, 2.45) is 0 Å². The predicted octanol–water partition coefficient (Wildman–Crippen LogP) is 2.29. The second-order valence-electron chi connectivity index (χ2n) is 5.20. The number of hydrogen-bond acceptors (Lipinski definition) is 4. The second-order valence-corrected chi connectivity index (χ2v) is 5.20. The van der Waals surface area contributed by atoms with E-state index in [0.29, 0.717) is 11.9 Å². The molecule has 0 saturated carbocycles. The smallest absolute Gasteiger partial charge is 0.131 e. The Morgan fingerprint density at radius 3 is 2.84 bits per heavy atom. The minimum atomic E-state index is 0.327. The van der Waals surface area contributed by atoms with Crippen LogP contribution >= 0.6 is 0 Å². The van der Waals surface area contributed by atoms with Crippen molar-refractivity contribution in [1.29, 1.82) is 0 Å². The highest BCUT2D eigenvalue weighted by Gasteiger charge is 2.18. The fourth-order valence-corrected chi connectivity index (χ4v) is 2.55. The number of hydrogen-bond donors (Lipinski definition) is 1. The zero-order valence-electron chi connectivity index (χ0n) is 11.2. The molecule has 4 heteroatoms. The number of anilines is 1. The lowest BCUT2D eigenvalue weighted by atomic mass is 10.1. The van der Waals surface area contributed by atoms with Crippen molar-refractivity contribution in [1.82, 2.24) is 9.88 Å². The van der Waals surface area contributed by atoms with Gasteiger partial charge in [0.25, 0.3) is 0 Å². The Balaban J connectivity index is 1.78. The zero-order chi connectivity index (χ0) is 13.2. The van der Waals surface area contributed by atoms with Crippen LogP contribution in [0.3, 0.4) is 0 Å². The molecule has 0 spiro atoms. The fourth-order valence-electron chi connectivity index (χ4n) is 2.55. The van der Waals surface area contributed by atoms with E-state index in [2.05, 4.69) is 16.9 Å². The first kappa shape index (κ1) is 12.2. The lowest BCUT2D eigenvalue weighted by Gasteiger charge is -2.29. The number of piperidine rings is 1. The van der Waals surface area contributed by atoms with Crippen molar-refractivity contribution in [3.8, 4) is 5.75 Å². The summed E-state index contributed by atoms with van der Waals surface area (Å²) >= 11 is 0. The third kappa shape index (κ3) is 2.63. The maximum atomic E-state index is 6.06. The Morgan fingerprint density at radius 1 is 1.26 bits per heavy atom. The number of fused-ring (bicyclic) bond motifs is 1. The molecule has 1 saturated heterocycles. The van der Waals surface area contributed by atoms with Crippen LogP contribution in [0.15, 0.2) is 30.5 Å². The van der Waals surface area contributed by atoms with E-state index in [9.17, 15) is 0 Å². The van der Waals surface area contributed by atoms with E-state index >= 15 is 0 Å². The molecule has 0 amide bonds. The minimum absolute atomic E-state index is 0.327. The van der Waals surface area contributed by atoms with E-state index in [-0.39, 0.29) is 0 Å². The predicted molar refractivity (Wildman–Crippen MR) is 77.3 cm³/mol. The van der Waals surface area contributed by atoms with Crippen LogP contribution in [0.25, 0.3) is 10.8 Å². The number of nitrogens with zero attached hydrogens (tertiary/aromatic N) is 2. The van der Waals surface area contributed by atoms with Crippen LogP contribution in [0.1, 0.15) is 12.8 Å². The van der Waals surface area contributed by atoms with Gasteiger partial charge < -0.3 is 15.4 Å². The number of rotatable bonds is 2. The monoisotopic (exact) mass is 257 g/mol. The Labute approximate surface area is 113 Å². The summed E-state index contributed by atoms with van der Waals surface area (Å²) in [5, 5.41) is 2.07. The molecule has 0 atom stereocenters. The van der Waals surface area contributed by atoms with Crippen LogP contribution in [-0.2, 0) is 0 Å². The number of benzene rings is 1. The van der Waals surface area contributed by atoms with Gasteiger partial charge in [-0.05, 0) is 49.5 Å². The normalized spacial score (nSPS) is 17.7. The van der Waals surface area contributed by atoms with Gasteiger partial charge in [-0.2, -0.15) is 0 Å². The molecular formula is C15H19N3O. The Morgan fingerprint density at radius 2 is 2.05 bits per heavy atom. The SMILES string of the molecule is CN1CCC(Oc2ccc3c(N)nccc3c2)CC1. The molecule has 1 aromatic heterocycles. The van der Waals surface area contributed by atoms with Crippen molar-refractivity contribution in [3.63, 3.8) is 0 Å². The summed E-state index contributed by atoms with van der Waals surface area (Å²) < 4.78 is 6.06. The van der Waals surface area contributed by atoms with Gasteiger partial charge in [0.2, 0.25) is 0 Å². The van der Waals surface area contributed by atoms with Gasteiger partial charge in [-0.3, -0.25) is 0 Å². The summed E-state index contributed by atoms with van der Waals surface area (Å²) in [6.45, 7) is 2.21. The van der Waals surface area contributed by atoms with E-state index < -0.39 is 0 Å². The molecule has 2 N–H and O–H groups in total. The second kappa shape index (κ2) is 5.05. The molecule has 4 nitrogen and oxygen atoms in total. The first-order valence-corrected chi connectivity index (χ1v) is 6.72. The summed E-state index contributed by atoms with van der Waals surface area (Å²) in [5.41, 5.74) is 5.85. The van der Waals surface area contributed by atoms with Crippen LogP contribution in [0.2, 0.25) is 0 Å². The van der Waals surface area contributed by atoms with Gasteiger partial charge >= 0.3 is 0 Å². The number of aromatic nitrogens is 1. The first-order chi connectivity index (χ1) is 9.22. The van der Waals surface area contributed by atoms with E-state index in [0.717, 1.165) is 42.5 Å². The summed E-state index contributed by atoms with van der Waals surface area (Å²) in [4.78, 5) is 6.43. The molecule has 2 heterocycles. The average Bonchev–Trinajstić information content (AvgIpc) is 2.42. The molecule has 1 fully saturated rings. The van der Waals surface area contributed by atoms with Gasteiger partial charge in [0.1, 0.15) is 17.7 Å². The number of nitrogens with two attached hydrogens (primary N) is 1. The van der Waals surface area contributed by atoms with Crippen LogP contribution in [0.4, 0.5) is 5.82 Å². The summed E-state index contributed by atoms with van der Waals surface area (Å²) in [6, 6.07) is 7.99. The standard InChI is InChI=1S/C15H19N3O/c1-18-8-5-12(6-9-18)19-13-2-3-14-11(10-13)4-7-17-15(14)16/h2-4,7,10,12H,5-6,8-9H2,1H3,(H2,16,17). The molecule has 1 aromatic carbocycles. The average molecular weight is 257 g/mol. The van der Waals surface area contributed by atoms with Crippen molar-refractivity contribution in [2.45, 2.75) is 18.9 Å². The largest absolute Gasteiger partial charge is 0.490 e. The number of pyridine rings is 1. The summed E-state index contributed by atoms with van der Waals surface area (Å²) in [6.07, 6.45) is 4.24. The first-order valence-electron chi connectivity index (χ1n) is 6.72. The fraction of sp³-hybridized carbons (Fsp3) is 0.400. The van der Waals surface area contributed by atoms with Gasteiger partial charge in [-0.15, -0.1) is 0 Å². The highest BCUT2D eigenvalue weighted by atomic mass is 16.5. The van der Waals surface area contributed by atoms with E-state index in [1.807, 2.05) is 24.3 Å². The number of likely N-dealkylation sites (tertiary alicyclic amines) is 1. The molecule has 1 aliphatic rings. The third-order valence-corrected chi connectivity index (χ3v) is 3.74. The van der Waals surface area contributed by atoms with Gasteiger partial charge in [-0.1, -0.05) is 0 Å². The lowest BCUT2D eigenvalue weighted by molar-refractivity contribution is 0.114. The molecule has 1 aliphatic heterocycles. The van der Waals surface area contributed by atoms with E-state index in [4.69, 9.17) is 10.5 Å². The highest BCUT2D eigenvalue weighted by Crippen LogP contribution is 2.25. The lowest BCUT2D eigenvalue weighted by Crippen LogP contribution is -2.35. The van der Waals surface area contributed by atoms with E-state index in [1.165, 1.54) is 0 Å². The highest BCUT2D eigenvalue weighted by molar-refractivity contribution is 5.91. The molecular weight excluding hydrogens is 238 g/mol. The Bertz CT molecular complexity index is 577. The molecule has 0 radical (unpaired) electrons. The topological polar surface area (TPSA) is 51.4 Å². The summed E-state index contributed by atoms with van der Waals surface area (Å²) in [5.74, 6) is 1.50. The summed E-state index contributed by atoms with van der Waals surface area (Å²) in [7, 11) is 2.15. The quantitative estimate of drug-likeness (QED) is 0.897. The van der Waals surface area contributed by atoms with Crippen molar-refractivity contribution in [3.05, 3.63) is 30.5 Å². The molecule has 0 unspecified atom stereocenters. The van der Waals surface area contributed by atoms with Crippen LogP contribution in [-0.4, -0.2) is 36.1 Å². The van der Waals surface area contributed by atoms with Crippen molar-refractivity contribution < 1.29 is 4.74 Å². The molecule has 2 aromatic rings.